The van der Waals surface area contributed by atoms with E-state index in [0.29, 0.717) is 5.02 Å². The molecule has 0 saturated heterocycles. The van der Waals surface area contributed by atoms with Crippen LogP contribution in [0.15, 0.2) is 35.0 Å². The number of carboxylic acid groups (broad SMARTS) is 1. The number of carbonyl (C=O) groups is 2. The molecular weight excluding hydrogens is 335 g/mol. The van der Waals surface area contributed by atoms with E-state index >= 15 is 0 Å². The molecule has 0 atom stereocenters. The van der Waals surface area contributed by atoms with Crippen molar-refractivity contribution < 1.29 is 14.7 Å². The molecule has 1 radical (unpaired) electrons. The van der Waals surface area contributed by atoms with Gasteiger partial charge in [-0.1, -0.05) is 0 Å². The molecule has 0 saturated carbocycles. The first-order valence-corrected chi connectivity index (χ1v) is 6.47. The van der Waals surface area contributed by atoms with Gasteiger partial charge in [0.25, 0.3) is 0 Å². The first kappa shape index (κ1) is 13.8. The Morgan fingerprint density at radius 2 is 2.05 bits per heavy atom. The van der Waals surface area contributed by atoms with E-state index in [2.05, 4.69) is 21.0 Å². The van der Waals surface area contributed by atoms with Crippen molar-refractivity contribution in [1.82, 2.24) is 4.90 Å². The number of amidine groups is 1. The predicted molar refractivity (Wildman–Crippen MR) is 72.0 cm³/mol. The van der Waals surface area contributed by atoms with Crippen molar-refractivity contribution in [3.8, 4) is 0 Å². The summed E-state index contributed by atoms with van der Waals surface area (Å²) in [5, 5.41) is 9.32. The van der Waals surface area contributed by atoms with Gasteiger partial charge in [-0.05, 0) is 0 Å². The van der Waals surface area contributed by atoms with E-state index in [0.717, 1.165) is 10.5 Å². The molecule has 0 aromatic heterocycles. The number of hydrogen-bond acceptors (Lipinski definition) is 3. The number of halogens is 1. The van der Waals surface area contributed by atoms with E-state index in [1.807, 2.05) is 0 Å². The fraction of sp³-hybridized carbons (Fsp3) is 0.0833. The number of nitrogens with zero attached hydrogens (tertiary/aromatic N) is 2. The minimum absolute atomic E-state index is 0.192. The van der Waals surface area contributed by atoms with Crippen LogP contribution in [0.2, 0.25) is 5.02 Å². The van der Waals surface area contributed by atoms with Crippen LogP contribution >= 0.6 is 11.6 Å². The molecule has 0 fully saturated rings. The molecule has 7 heteroatoms. The number of carbonyl (C=O) groups excluding carboxylic acids is 1. The SMILES string of the molecule is O=C(O)CN1C(=O)/C(=C\c2ccc(Cl)cc2)N=C1[Se]. The standard InChI is InChI=1S/C12H8ClN2O3Se/c13-8-3-1-7(2-4-8)5-9-11(18)15(6-10(16)17)12(19)14-9/h1-5H,6H2,(H,16,17)/b9-5+. The van der Waals surface area contributed by atoms with Crippen molar-refractivity contribution >= 4 is 50.3 Å². The molecule has 1 aromatic rings. The molecule has 1 aromatic carbocycles. The van der Waals surface area contributed by atoms with E-state index in [1.54, 1.807) is 30.3 Å². The topological polar surface area (TPSA) is 70.0 Å². The Hall–Kier alpha value is -1.62. The van der Waals surface area contributed by atoms with Crippen LogP contribution in [0.5, 0.6) is 0 Å². The second kappa shape index (κ2) is 5.57. The Balaban J connectivity index is 2.25. The third kappa shape index (κ3) is 3.23. The van der Waals surface area contributed by atoms with Crippen LogP contribution < -0.4 is 0 Å². The number of amides is 1. The number of aliphatic imine (C=N–C) groups is 1. The van der Waals surface area contributed by atoms with E-state index < -0.39 is 18.4 Å². The zero-order valence-electron chi connectivity index (χ0n) is 9.54. The number of hydrogen-bond donors (Lipinski definition) is 1. The minimum atomic E-state index is -1.09. The van der Waals surface area contributed by atoms with Gasteiger partial charge in [0.1, 0.15) is 0 Å². The van der Waals surface area contributed by atoms with Crippen molar-refractivity contribution in [2.75, 3.05) is 6.54 Å². The second-order valence-corrected chi connectivity index (χ2v) is 4.96. The molecule has 1 aliphatic heterocycles. The van der Waals surface area contributed by atoms with E-state index in [4.69, 9.17) is 16.7 Å². The zero-order chi connectivity index (χ0) is 14.0. The monoisotopic (exact) mass is 343 g/mol. The zero-order valence-corrected chi connectivity index (χ0v) is 12.0. The summed E-state index contributed by atoms with van der Waals surface area (Å²) in [4.78, 5) is 27.7. The maximum atomic E-state index is 12.0. The van der Waals surface area contributed by atoms with E-state index in [1.165, 1.54) is 0 Å². The Bertz CT molecular complexity index is 595. The number of aliphatic carboxylic acids is 1. The molecule has 19 heavy (non-hydrogen) atoms. The van der Waals surface area contributed by atoms with Crippen molar-refractivity contribution in [3.05, 3.63) is 40.5 Å². The maximum absolute atomic E-state index is 12.0. The van der Waals surface area contributed by atoms with Crippen molar-refractivity contribution in [3.63, 3.8) is 0 Å². The average Bonchev–Trinajstić information content (AvgIpc) is 2.60. The number of rotatable bonds is 3. The van der Waals surface area contributed by atoms with Gasteiger partial charge < -0.3 is 0 Å². The first-order valence-electron chi connectivity index (χ1n) is 5.24. The van der Waals surface area contributed by atoms with Crippen LogP contribution in [-0.4, -0.2) is 49.2 Å². The summed E-state index contributed by atoms with van der Waals surface area (Å²) in [5.41, 5.74) is 0.957. The van der Waals surface area contributed by atoms with Gasteiger partial charge >= 0.3 is 122 Å². The Morgan fingerprint density at radius 3 is 2.63 bits per heavy atom. The van der Waals surface area contributed by atoms with Crippen LogP contribution in [0.3, 0.4) is 0 Å². The average molecular weight is 343 g/mol. The van der Waals surface area contributed by atoms with Gasteiger partial charge in [0.15, 0.2) is 0 Å². The van der Waals surface area contributed by atoms with Gasteiger partial charge in [-0.2, -0.15) is 0 Å². The summed E-state index contributed by atoms with van der Waals surface area (Å²) >= 11 is 8.35. The normalized spacial score (nSPS) is 16.9. The van der Waals surface area contributed by atoms with Crippen molar-refractivity contribution in [2.45, 2.75) is 0 Å². The van der Waals surface area contributed by atoms with Crippen LogP contribution in [0.1, 0.15) is 5.56 Å². The molecule has 0 bridgehead atoms. The van der Waals surface area contributed by atoms with Gasteiger partial charge in [0.2, 0.25) is 0 Å². The predicted octanol–water partition coefficient (Wildman–Crippen LogP) is 1.13. The number of benzene rings is 1. The molecule has 1 amide bonds. The molecule has 2 rings (SSSR count). The van der Waals surface area contributed by atoms with Crippen molar-refractivity contribution in [1.29, 1.82) is 0 Å². The van der Waals surface area contributed by atoms with Gasteiger partial charge in [-0.15, -0.1) is 0 Å². The molecule has 0 spiro atoms. The van der Waals surface area contributed by atoms with Crippen molar-refractivity contribution in [2.24, 2.45) is 4.99 Å². The fourth-order valence-electron chi connectivity index (χ4n) is 1.52. The molecule has 97 valence electrons. The Labute approximate surface area is 122 Å². The summed E-state index contributed by atoms with van der Waals surface area (Å²) in [6.45, 7) is -0.414. The van der Waals surface area contributed by atoms with Crippen LogP contribution in [0, 0.1) is 0 Å². The van der Waals surface area contributed by atoms with Crippen LogP contribution in [-0.2, 0) is 9.59 Å². The summed E-state index contributed by atoms with van der Waals surface area (Å²) in [6, 6.07) is 6.89. The third-order valence-corrected chi connectivity index (χ3v) is 3.28. The molecule has 1 heterocycles. The molecule has 1 N–H and O–H groups in total. The van der Waals surface area contributed by atoms with Crippen LogP contribution in [0.4, 0.5) is 0 Å². The number of carboxylic acids is 1. The Kier molecular flexibility index (Phi) is 4.04. The summed E-state index contributed by atoms with van der Waals surface area (Å²) in [6.07, 6.45) is 1.58. The fourth-order valence-corrected chi connectivity index (χ4v) is 2.16. The van der Waals surface area contributed by atoms with Gasteiger partial charge in [0, 0.05) is 0 Å². The third-order valence-electron chi connectivity index (χ3n) is 2.38. The van der Waals surface area contributed by atoms with Gasteiger partial charge in [-0.3, -0.25) is 0 Å². The van der Waals surface area contributed by atoms with Crippen LogP contribution in [0.25, 0.3) is 6.08 Å². The molecule has 0 aliphatic carbocycles. The quantitative estimate of drug-likeness (QED) is 0.661. The van der Waals surface area contributed by atoms with Gasteiger partial charge in [-0.25, -0.2) is 0 Å². The first-order chi connectivity index (χ1) is 8.97. The second-order valence-electron chi connectivity index (χ2n) is 3.76. The molecule has 1 aliphatic rings. The summed E-state index contributed by atoms with van der Waals surface area (Å²) in [7, 11) is 0. The van der Waals surface area contributed by atoms with E-state index in [9.17, 15) is 9.59 Å². The summed E-state index contributed by atoms with van der Waals surface area (Å²) < 4.78 is 0.257. The molecular formula is C12H8ClN2O3Se. The van der Waals surface area contributed by atoms with Gasteiger partial charge in [0.05, 0.1) is 0 Å². The molecule has 5 nitrogen and oxygen atoms in total. The summed E-state index contributed by atoms with van der Waals surface area (Å²) in [5.74, 6) is -1.53. The van der Waals surface area contributed by atoms with E-state index in [-0.39, 0.29) is 10.4 Å². The molecule has 0 unspecified atom stereocenters. The Morgan fingerprint density at radius 1 is 1.42 bits per heavy atom.